The minimum Gasteiger partial charge on any atom is -0.309 e. The van der Waals surface area contributed by atoms with Crippen LogP contribution in [0.1, 0.15) is 59.4 Å². The van der Waals surface area contributed by atoms with Gasteiger partial charge < -0.3 is 5.32 Å². The topological polar surface area (TPSA) is 73.5 Å². The van der Waals surface area contributed by atoms with Gasteiger partial charge in [0.1, 0.15) is 0 Å². The van der Waals surface area contributed by atoms with Crippen LogP contribution in [0.3, 0.4) is 0 Å². The van der Waals surface area contributed by atoms with Crippen LogP contribution < -0.4 is 5.32 Å². The van der Waals surface area contributed by atoms with Crippen molar-refractivity contribution in [2.24, 2.45) is 5.92 Å². The van der Waals surface area contributed by atoms with Crippen molar-refractivity contribution < 1.29 is 0 Å². The summed E-state index contributed by atoms with van der Waals surface area (Å²) in [5.41, 5.74) is 3.91. The van der Waals surface area contributed by atoms with Crippen molar-refractivity contribution in [1.29, 1.82) is 0 Å². The summed E-state index contributed by atoms with van der Waals surface area (Å²) in [6.45, 7) is 13.4. The summed E-state index contributed by atoms with van der Waals surface area (Å²) in [7, 11) is 0. The molecule has 0 amide bonds. The standard InChI is InChI=1S/C19H27N7.C2H6/c1-14(2)5-6-16-12-25(23-21-16)18-7-9-19(10-8-18)26-13-17(22-24-26)11-20-15(3)4;1-2/h7-10,12-15,20H,5-6,11H2,1-4H3;1-2H3. The summed E-state index contributed by atoms with van der Waals surface area (Å²) < 4.78 is 3.61. The van der Waals surface area contributed by atoms with Crippen LogP contribution in [0.25, 0.3) is 11.4 Å². The highest BCUT2D eigenvalue weighted by molar-refractivity contribution is 5.40. The molecule has 0 fully saturated rings. The van der Waals surface area contributed by atoms with Crippen molar-refractivity contribution >= 4 is 0 Å². The first-order valence-corrected chi connectivity index (χ1v) is 10.2. The van der Waals surface area contributed by atoms with E-state index in [-0.39, 0.29) is 0 Å². The zero-order chi connectivity index (χ0) is 20.5. The van der Waals surface area contributed by atoms with E-state index in [1.807, 2.05) is 55.2 Å². The van der Waals surface area contributed by atoms with Crippen LogP contribution in [-0.2, 0) is 13.0 Å². The Kier molecular flexibility index (Phi) is 8.32. The molecule has 0 radical (unpaired) electrons. The van der Waals surface area contributed by atoms with E-state index in [2.05, 4.69) is 53.6 Å². The summed E-state index contributed by atoms with van der Waals surface area (Å²) in [5, 5.41) is 20.2. The third-order valence-electron chi connectivity index (χ3n) is 4.13. The van der Waals surface area contributed by atoms with Gasteiger partial charge in [0.25, 0.3) is 0 Å². The van der Waals surface area contributed by atoms with Crippen LogP contribution >= 0.6 is 0 Å². The SMILES string of the molecule is CC.CC(C)CCc1cn(-c2ccc(-n3cc(CNC(C)C)nn3)cc2)nn1. The minimum absolute atomic E-state index is 0.424. The molecule has 0 aliphatic rings. The van der Waals surface area contributed by atoms with Crippen LogP contribution in [-0.4, -0.2) is 36.0 Å². The Morgan fingerprint density at radius 2 is 1.32 bits per heavy atom. The normalized spacial score (nSPS) is 11.0. The Morgan fingerprint density at radius 3 is 1.82 bits per heavy atom. The van der Waals surface area contributed by atoms with Crippen molar-refractivity contribution in [3.8, 4) is 11.4 Å². The first kappa shape index (κ1) is 21.8. The zero-order valence-electron chi connectivity index (χ0n) is 17.9. The van der Waals surface area contributed by atoms with E-state index in [1.165, 1.54) is 0 Å². The number of hydrogen-bond acceptors (Lipinski definition) is 5. The zero-order valence-corrected chi connectivity index (χ0v) is 17.9. The molecule has 0 saturated carbocycles. The molecule has 7 heteroatoms. The van der Waals surface area contributed by atoms with Crippen LogP contribution in [0.15, 0.2) is 36.7 Å². The second kappa shape index (κ2) is 10.7. The van der Waals surface area contributed by atoms with Crippen molar-refractivity contribution in [1.82, 2.24) is 35.3 Å². The summed E-state index contributed by atoms with van der Waals surface area (Å²) >= 11 is 0. The number of hydrogen-bond donors (Lipinski definition) is 1. The van der Waals surface area contributed by atoms with E-state index >= 15 is 0 Å². The number of rotatable bonds is 8. The summed E-state index contributed by atoms with van der Waals surface area (Å²) in [5.74, 6) is 0.669. The van der Waals surface area contributed by atoms with Crippen molar-refractivity contribution in [3.63, 3.8) is 0 Å². The number of nitrogens with one attached hydrogen (secondary N) is 1. The molecule has 0 saturated heterocycles. The van der Waals surface area contributed by atoms with E-state index in [1.54, 1.807) is 4.68 Å². The molecule has 0 atom stereocenters. The molecule has 0 aliphatic heterocycles. The van der Waals surface area contributed by atoms with Crippen LogP contribution in [0.4, 0.5) is 0 Å². The lowest BCUT2D eigenvalue weighted by atomic mass is 10.1. The molecule has 0 aliphatic carbocycles. The molecule has 7 nitrogen and oxygen atoms in total. The maximum atomic E-state index is 4.26. The fourth-order valence-corrected chi connectivity index (χ4v) is 2.55. The molecule has 3 rings (SSSR count). The fraction of sp³-hybridized carbons (Fsp3) is 0.524. The highest BCUT2D eigenvalue weighted by Crippen LogP contribution is 2.13. The van der Waals surface area contributed by atoms with Crippen LogP contribution in [0.2, 0.25) is 0 Å². The van der Waals surface area contributed by atoms with Gasteiger partial charge >= 0.3 is 0 Å². The van der Waals surface area contributed by atoms with Gasteiger partial charge in [0.15, 0.2) is 0 Å². The minimum atomic E-state index is 0.424. The molecule has 2 aromatic heterocycles. The highest BCUT2D eigenvalue weighted by Gasteiger charge is 2.06. The Morgan fingerprint density at radius 1 is 0.821 bits per heavy atom. The van der Waals surface area contributed by atoms with Gasteiger partial charge in [0.2, 0.25) is 0 Å². The molecule has 1 N–H and O–H groups in total. The van der Waals surface area contributed by atoms with Gasteiger partial charge in [-0.1, -0.05) is 52.0 Å². The number of aromatic nitrogens is 6. The lowest BCUT2D eigenvalue weighted by molar-refractivity contribution is 0.580. The molecule has 1 aromatic carbocycles. The van der Waals surface area contributed by atoms with Crippen molar-refractivity contribution in [3.05, 3.63) is 48.0 Å². The van der Waals surface area contributed by atoms with E-state index in [0.29, 0.717) is 18.5 Å². The first-order valence-electron chi connectivity index (χ1n) is 10.2. The molecule has 28 heavy (non-hydrogen) atoms. The van der Waals surface area contributed by atoms with Gasteiger partial charge in [-0.2, -0.15) is 0 Å². The lowest BCUT2D eigenvalue weighted by Crippen LogP contribution is -2.21. The number of aryl methyl sites for hydroxylation is 1. The van der Waals surface area contributed by atoms with E-state index < -0.39 is 0 Å². The maximum absolute atomic E-state index is 4.26. The largest absolute Gasteiger partial charge is 0.309 e. The lowest BCUT2D eigenvalue weighted by Gasteiger charge is -2.04. The summed E-state index contributed by atoms with van der Waals surface area (Å²) in [4.78, 5) is 0. The molecule has 3 aromatic rings. The molecule has 0 bridgehead atoms. The molecule has 0 spiro atoms. The summed E-state index contributed by atoms with van der Waals surface area (Å²) in [6.07, 6.45) is 6.03. The second-order valence-corrected chi connectivity index (χ2v) is 7.29. The van der Waals surface area contributed by atoms with Gasteiger partial charge in [0, 0.05) is 12.6 Å². The summed E-state index contributed by atoms with van der Waals surface area (Å²) in [6, 6.07) is 8.49. The predicted molar refractivity (Wildman–Crippen MR) is 113 cm³/mol. The fourth-order valence-electron chi connectivity index (χ4n) is 2.55. The Labute approximate surface area is 168 Å². The Bertz CT molecular complexity index is 746. The predicted octanol–water partition coefficient (Wildman–Crippen LogP) is 3.96. The van der Waals surface area contributed by atoms with Crippen molar-refractivity contribution in [2.45, 2.75) is 67.0 Å². The second-order valence-electron chi connectivity index (χ2n) is 7.29. The van der Waals surface area contributed by atoms with Crippen LogP contribution in [0.5, 0.6) is 0 Å². The third-order valence-corrected chi connectivity index (χ3v) is 4.13. The van der Waals surface area contributed by atoms with Gasteiger partial charge in [-0.25, -0.2) is 9.36 Å². The van der Waals surface area contributed by atoms with Gasteiger partial charge in [-0.3, -0.25) is 0 Å². The smallest absolute Gasteiger partial charge is 0.0969 e. The number of benzene rings is 1. The van der Waals surface area contributed by atoms with Gasteiger partial charge in [-0.15, -0.1) is 10.2 Å². The van der Waals surface area contributed by atoms with Gasteiger partial charge in [-0.05, 0) is 43.0 Å². The quantitative estimate of drug-likeness (QED) is 0.637. The van der Waals surface area contributed by atoms with Gasteiger partial charge in [0.05, 0.1) is 35.2 Å². The average molecular weight is 384 g/mol. The van der Waals surface area contributed by atoms with E-state index in [9.17, 15) is 0 Å². The maximum Gasteiger partial charge on any atom is 0.0969 e. The average Bonchev–Trinajstić information content (AvgIpc) is 3.36. The van der Waals surface area contributed by atoms with E-state index in [0.717, 1.165) is 35.6 Å². The monoisotopic (exact) mass is 383 g/mol. The molecule has 152 valence electrons. The Balaban J connectivity index is 0.00000136. The molecular weight excluding hydrogens is 350 g/mol. The van der Waals surface area contributed by atoms with Crippen LogP contribution in [0, 0.1) is 5.92 Å². The molecular formula is C21H33N7. The third kappa shape index (κ3) is 6.27. The molecule has 2 heterocycles. The molecule has 0 unspecified atom stereocenters. The first-order chi connectivity index (χ1) is 13.5. The van der Waals surface area contributed by atoms with E-state index in [4.69, 9.17) is 0 Å². The van der Waals surface area contributed by atoms with Crippen molar-refractivity contribution in [2.75, 3.05) is 0 Å². The Hall–Kier alpha value is -2.54. The number of nitrogens with zero attached hydrogens (tertiary/aromatic N) is 6. The highest BCUT2D eigenvalue weighted by atomic mass is 15.4.